The second-order valence-corrected chi connectivity index (χ2v) is 1.68. The van der Waals surface area contributed by atoms with E-state index in [2.05, 4.69) is 15.8 Å². The third kappa shape index (κ3) is 0.353. The van der Waals surface area contributed by atoms with Crippen molar-refractivity contribution in [1.29, 1.82) is 0 Å². The van der Waals surface area contributed by atoms with Gasteiger partial charge in [0.25, 0.3) is 0 Å². The van der Waals surface area contributed by atoms with Crippen LogP contribution in [0.1, 0.15) is 0 Å². The van der Waals surface area contributed by atoms with Crippen molar-refractivity contribution in [3.63, 3.8) is 0 Å². The minimum absolute atomic E-state index is 0.891. The van der Waals surface area contributed by atoms with Crippen LogP contribution in [0.25, 0.3) is 0 Å². The fourth-order valence-corrected chi connectivity index (χ4v) is 0.713. The Labute approximate surface area is 46.7 Å². The molecule has 0 saturated heterocycles. The number of anilines is 2. The SMILES string of the molecule is c1cc2cc(n1)NN2. The molecule has 1 aromatic heterocycles. The highest BCUT2D eigenvalue weighted by molar-refractivity contribution is 5.61. The summed E-state index contributed by atoms with van der Waals surface area (Å²) in [6.45, 7) is 0. The summed E-state index contributed by atoms with van der Waals surface area (Å²) in [5, 5.41) is 0. The molecule has 8 heavy (non-hydrogen) atoms. The molecule has 0 saturated carbocycles. The fraction of sp³-hybridized carbons (Fsp3) is 0. The summed E-state index contributed by atoms with van der Waals surface area (Å²) in [5.41, 5.74) is 6.85. The normalized spacial score (nSPS) is 12.5. The van der Waals surface area contributed by atoms with E-state index in [1.807, 2.05) is 12.1 Å². The predicted molar refractivity (Wildman–Crippen MR) is 31.5 cm³/mol. The Morgan fingerprint density at radius 1 is 1.38 bits per heavy atom. The largest absolute Gasteiger partial charge is 0.299 e. The van der Waals surface area contributed by atoms with Crippen LogP contribution in [0.4, 0.5) is 11.5 Å². The molecule has 2 bridgehead atoms. The number of hydrogen-bond donors (Lipinski definition) is 2. The van der Waals surface area contributed by atoms with E-state index in [0.29, 0.717) is 0 Å². The van der Waals surface area contributed by atoms with Crippen LogP contribution in [-0.4, -0.2) is 4.98 Å². The number of rotatable bonds is 0. The van der Waals surface area contributed by atoms with Gasteiger partial charge in [-0.05, 0) is 6.07 Å². The van der Waals surface area contributed by atoms with E-state index in [4.69, 9.17) is 0 Å². The van der Waals surface area contributed by atoms with Gasteiger partial charge in [0.05, 0.1) is 5.69 Å². The number of aromatic nitrogens is 1. The van der Waals surface area contributed by atoms with Crippen LogP contribution in [0.2, 0.25) is 0 Å². The van der Waals surface area contributed by atoms with Crippen molar-refractivity contribution in [2.24, 2.45) is 0 Å². The lowest BCUT2D eigenvalue weighted by atomic mass is 10.4. The Morgan fingerprint density at radius 2 is 2.38 bits per heavy atom. The molecule has 0 aromatic carbocycles. The zero-order chi connectivity index (χ0) is 5.40. The molecule has 0 radical (unpaired) electrons. The minimum Gasteiger partial charge on any atom is -0.299 e. The van der Waals surface area contributed by atoms with Crippen LogP contribution in [-0.2, 0) is 0 Å². The molecule has 0 spiro atoms. The molecular weight excluding hydrogens is 102 g/mol. The molecule has 1 aromatic rings. The van der Waals surface area contributed by atoms with Crippen LogP contribution in [0.3, 0.4) is 0 Å². The molecule has 3 nitrogen and oxygen atoms in total. The molecule has 40 valence electrons. The Morgan fingerprint density at radius 3 is 3.12 bits per heavy atom. The van der Waals surface area contributed by atoms with Gasteiger partial charge in [-0.3, -0.25) is 10.9 Å². The highest BCUT2D eigenvalue weighted by Crippen LogP contribution is 2.16. The van der Waals surface area contributed by atoms with Crippen molar-refractivity contribution < 1.29 is 0 Å². The summed E-state index contributed by atoms with van der Waals surface area (Å²) in [5.74, 6) is 0.891. The van der Waals surface area contributed by atoms with Gasteiger partial charge < -0.3 is 0 Å². The van der Waals surface area contributed by atoms with Gasteiger partial charge in [-0.25, -0.2) is 4.98 Å². The number of pyridine rings is 1. The van der Waals surface area contributed by atoms with E-state index in [1.165, 1.54) is 0 Å². The molecule has 0 aliphatic carbocycles. The first-order chi connectivity index (χ1) is 3.95. The van der Waals surface area contributed by atoms with Crippen molar-refractivity contribution in [2.45, 2.75) is 0 Å². The summed E-state index contributed by atoms with van der Waals surface area (Å²) in [6.07, 6.45) is 1.76. The van der Waals surface area contributed by atoms with Crippen LogP contribution in [0.15, 0.2) is 18.3 Å². The fourth-order valence-electron chi connectivity index (χ4n) is 0.713. The van der Waals surface area contributed by atoms with Crippen molar-refractivity contribution in [3.05, 3.63) is 18.3 Å². The quantitative estimate of drug-likeness (QED) is 0.515. The van der Waals surface area contributed by atoms with E-state index in [1.54, 1.807) is 6.20 Å². The molecule has 2 heterocycles. The highest BCUT2D eigenvalue weighted by Gasteiger charge is 2.01. The van der Waals surface area contributed by atoms with Gasteiger partial charge in [-0.1, -0.05) is 0 Å². The molecule has 0 amide bonds. The first-order valence-electron chi connectivity index (χ1n) is 2.43. The Hall–Kier alpha value is -1.25. The standard InChI is InChI=1S/C5H5N3/c1-2-6-5-3-4(1)7-8-5/h1-3H,(H2,6,7,8). The second-order valence-electron chi connectivity index (χ2n) is 1.68. The van der Waals surface area contributed by atoms with Gasteiger partial charge in [0, 0.05) is 12.3 Å². The molecule has 1 aliphatic heterocycles. The van der Waals surface area contributed by atoms with Gasteiger partial charge in [0.1, 0.15) is 5.82 Å². The maximum atomic E-state index is 3.98. The van der Waals surface area contributed by atoms with Gasteiger partial charge in [-0.15, -0.1) is 0 Å². The average molecular weight is 107 g/mol. The lowest BCUT2D eigenvalue weighted by molar-refractivity contribution is 1.34. The van der Waals surface area contributed by atoms with E-state index in [9.17, 15) is 0 Å². The smallest absolute Gasteiger partial charge is 0.146 e. The molecular formula is C5H5N3. The first kappa shape index (κ1) is 3.72. The van der Waals surface area contributed by atoms with Crippen LogP contribution < -0.4 is 10.9 Å². The van der Waals surface area contributed by atoms with E-state index < -0.39 is 0 Å². The number of nitrogens with one attached hydrogen (secondary N) is 2. The Kier molecular flexibility index (Phi) is 0.521. The number of hydrogen-bond acceptors (Lipinski definition) is 3. The minimum atomic E-state index is 0.891. The maximum Gasteiger partial charge on any atom is 0.146 e. The lowest BCUT2D eigenvalue weighted by Gasteiger charge is -1.90. The van der Waals surface area contributed by atoms with Gasteiger partial charge >= 0.3 is 0 Å². The van der Waals surface area contributed by atoms with Crippen LogP contribution in [0, 0.1) is 0 Å². The molecule has 0 atom stereocenters. The summed E-state index contributed by atoms with van der Waals surface area (Å²) >= 11 is 0. The average Bonchev–Trinajstić information content (AvgIpc) is 2.12. The number of nitrogens with zero attached hydrogens (tertiary/aromatic N) is 1. The van der Waals surface area contributed by atoms with E-state index >= 15 is 0 Å². The van der Waals surface area contributed by atoms with Crippen molar-refractivity contribution in [3.8, 4) is 0 Å². The Balaban J connectivity index is 2.66. The van der Waals surface area contributed by atoms with Gasteiger partial charge in [0.2, 0.25) is 0 Å². The number of fused-ring (bicyclic) bond motifs is 2. The van der Waals surface area contributed by atoms with Crippen molar-refractivity contribution >= 4 is 11.5 Å². The van der Waals surface area contributed by atoms with Crippen molar-refractivity contribution in [2.75, 3.05) is 10.9 Å². The van der Waals surface area contributed by atoms with Crippen molar-refractivity contribution in [1.82, 2.24) is 4.98 Å². The monoisotopic (exact) mass is 107 g/mol. The van der Waals surface area contributed by atoms with Crippen LogP contribution >= 0.6 is 0 Å². The van der Waals surface area contributed by atoms with Gasteiger partial charge in [-0.2, -0.15) is 0 Å². The molecule has 1 aliphatic rings. The van der Waals surface area contributed by atoms with E-state index in [-0.39, 0.29) is 0 Å². The molecule has 0 fully saturated rings. The zero-order valence-electron chi connectivity index (χ0n) is 4.18. The third-order valence-electron chi connectivity index (χ3n) is 1.09. The Bertz CT molecular complexity index is 189. The molecule has 0 unspecified atom stereocenters. The maximum absolute atomic E-state index is 3.98. The van der Waals surface area contributed by atoms with Crippen LogP contribution in [0.5, 0.6) is 0 Å². The topological polar surface area (TPSA) is 37.0 Å². The summed E-state index contributed by atoms with van der Waals surface area (Å²) in [7, 11) is 0. The summed E-state index contributed by atoms with van der Waals surface area (Å²) in [4.78, 5) is 3.98. The molecule has 2 rings (SSSR count). The predicted octanol–water partition coefficient (Wildman–Crippen LogP) is 0.834. The van der Waals surface area contributed by atoms with Gasteiger partial charge in [0.15, 0.2) is 0 Å². The molecule has 3 heteroatoms. The third-order valence-corrected chi connectivity index (χ3v) is 1.09. The second kappa shape index (κ2) is 1.12. The highest BCUT2D eigenvalue weighted by atomic mass is 15.4. The summed E-state index contributed by atoms with van der Waals surface area (Å²) in [6, 6.07) is 3.85. The zero-order valence-corrected chi connectivity index (χ0v) is 4.18. The summed E-state index contributed by atoms with van der Waals surface area (Å²) < 4.78 is 0. The van der Waals surface area contributed by atoms with E-state index in [0.717, 1.165) is 11.5 Å². The first-order valence-corrected chi connectivity index (χ1v) is 2.43. The number of hydrazine groups is 1. The molecule has 2 N–H and O–H groups in total. The lowest BCUT2D eigenvalue weighted by Crippen LogP contribution is -2.00.